The van der Waals surface area contributed by atoms with Crippen LogP contribution in [0.4, 0.5) is 0 Å². The lowest BCUT2D eigenvalue weighted by Crippen LogP contribution is -2.22. The summed E-state index contributed by atoms with van der Waals surface area (Å²) in [5, 5.41) is 6.01. The van der Waals surface area contributed by atoms with Crippen molar-refractivity contribution >= 4 is 26.7 Å². The van der Waals surface area contributed by atoms with Gasteiger partial charge in [0, 0.05) is 5.56 Å². The van der Waals surface area contributed by atoms with Gasteiger partial charge >= 0.3 is 0 Å². The fraction of sp³-hybridized carbons (Fsp3) is 0.333. The number of hydrogen-bond donors (Lipinski definition) is 1. The maximum atomic E-state index is 5.84. The van der Waals surface area contributed by atoms with Crippen LogP contribution in [0.1, 0.15) is 24.9 Å². The van der Waals surface area contributed by atoms with Crippen molar-refractivity contribution in [3.05, 3.63) is 40.4 Å². The molecule has 0 radical (unpaired) electrons. The molecule has 1 heterocycles. The van der Waals surface area contributed by atoms with Gasteiger partial charge in [-0.2, -0.15) is 0 Å². The summed E-state index contributed by atoms with van der Waals surface area (Å²) in [4.78, 5) is 0. The summed E-state index contributed by atoms with van der Waals surface area (Å²) in [6, 6.07) is 11.0. The van der Waals surface area contributed by atoms with Gasteiger partial charge in [-0.3, -0.25) is 0 Å². The molecule has 0 fully saturated rings. The molecule has 1 aliphatic rings. The van der Waals surface area contributed by atoms with Crippen molar-refractivity contribution in [1.82, 2.24) is 5.32 Å². The molecular weight excluding hydrogens is 290 g/mol. The van der Waals surface area contributed by atoms with Crippen LogP contribution < -0.4 is 10.1 Å². The third-order valence-corrected chi connectivity index (χ3v) is 4.17. The molecule has 0 saturated carbocycles. The highest BCUT2D eigenvalue weighted by Crippen LogP contribution is 2.43. The highest BCUT2D eigenvalue weighted by molar-refractivity contribution is 9.10. The van der Waals surface area contributed by atoms with Gasteiger partial charge in [-0.05, 0) is 45.7 Å². The van der Waals surface area contributed by atoms with Gasteiger partial charge in [-0.1, -0.05) is 31.2 Å². The second-order valence-corrected chi connectivity index (χ2v) is 5.44. The summed E-state index contributed by atoms with van der Waals surface area (Å²) in [5.41, 5.74) is 1.27. The monoisotopic (exact) mass is 305 g/mol. The topological polar surface area (TPSA) is 21.3 Å². The van der Waals surface area contributed by atoms with Crippen molar-refractivity contribution in [2.75, 3.05) is 13.2 Å². The molecule has 0 saturated heterocycles. The van der Waals surface area contributed by atoms with Crippen LogP contribution in [0.15, 0.2) is 34.8 Å². The molecule has 18 heavy (non-hydrogen) atoms. The molecule has 2 nitrogen and oxygen atoms in total. The third-order valence-electron chi connectivity index (χ3n) is 3.38. The zero-order valence-electron chi connectivity index (χ0n) is 10.4. The zero-order chi connectivity index (χ0) is 12.5. The minimum absolute atomic E-state index is 0.320. The summed E-state index contributed by atoms with van der Waals surface area (Å²) < 4.78 is 6.92. The predicted octanol–water partition coefficient (Wildman–Crippen LogP) is 4.04. The first-order valence-corrected chi connectivity index (χ1v) is 7.18. The van der Waals surface area contributed by atoms with Crippen molar-refractivity contribution in [3.63, 3.8) is 0 Å². The smallest absolute Gasteiger partial charge is 0.139 e. The lowest BCUT2D eigenvalue weighted by molar-refractivity contribution is 0.310. The molecule has 94 valence electrons. The number of rotatable bonds is 3. The average molecular weight is 306 g/mol. The Balaban J connectivity index is 2.08. The molecule has 0 aliphatic carbocycles. The van der Waals surface area contributed by atoms with E-state index in [9.17, 15) is 0 Å². The molecule has 0 amide bonds. The van der Waals surface area contributed by atoms with Crippen LogP contribution in [0.2, 0.25) is 0 Å². The molecular formula is C15H16BrNO. The van der Waals surface area contributed by atoms with E-state index in [0.717, 1.165) is 29.8 Å². The van der Waals surface area contributed by atoms with E-state index in [2.05, 4.69) is 58.5 Å². The molecule has 1 atom stereocenters. The Kier molecular flexibility index (Phi) is 3.27. The van der Waals surface area contributed by atoms with Crippen molar-refractivity contribution in [2.45, 2.75) is 19.4 Å². The largest absolute Gasteiger partial charge is 0.490 e. The fourth-order valence-electron chi connectivity index (χ4n) is 2.45. The van der Waals surface area contributed by atoms with Crippen LogP contribution in [0.25, 0.3) is 10.8 Å². The van der Waals surface area contributed by atoms with Gasteiger partial charge in [0.2, 0.25) is 0 Å². The Morgan fingerprint density at radius 1 is 1.39 bits per heavy atom. The van der Waals surface area contributed by atoms with E-state index in [-0.39, 0.29) is 0 Å². The number of benzene rings is 2. The van der Waals surface area contributed by atoms with Gasteiger partial charge in [0.15, 0.2) is 0 Å². The van der Waals surface area contributed by atoms with Gasteiger partial charge in [-0.25, -0.2) is 0 Å². The minimum atomic E-state index is 0.320. The van der Waals surface area contributed by atoms with Crippen LogP contribution in [-0.2, 0) is 0 Å². The van der Waals surface area contributed by atoms with Crippen LogP contribution >= 0.6 is 15.9 Å². The minimum Gasteiger partial charge on any atom is -0.490 e. The second kappa shape index (κ2) is 4.90. The average Bonchev–Trinajstić information content (AvgIpc) is 2.80. The highest BCUT2D eigenvalue weighted by atomic mass is 79.9. The Bertz CT molecular complexity index is 582. The summed E-state index contributed by atoms with van der Waals surface area (Å²) in [5.74, 6) is 1.00. The highest BCUT2D eigenvalue weighted by Gasteiger charge is 2.26. The maximum absolute atomic E-state index is 5.84. The van der Waals surface area contributed by atoms with E-state index in [1.807, 2.05) is 0 Å². The van der Waals surface area contributed by atoms with Gasteiger partial charge in [0.05, 0.1) is 10.5 Å². The Morgan fingerprint density at radius 2 is 2.22 bits per heavy atom. The Labute approximate surface area is 115 Å². The maximum Gasteiger partial charge on any atom is 0.139 e. The molecule has 2 aromatic carbocycles. The zero-order valence-corrected chi connectivity index (χ0v) is 12.0. The fourth-order valence-corrected chi connectivity index (χ4v) is 3.16. The number of nitrogens with one attached hydrogen (secondary N) is 1. The number of ether oxygens (including phenoxy) is 1. The normalized spacial score (nSPS) is 17.8. The Hall–Kier alpha value is -1.06. The predicted molar refractivity (Wildman–Crippen MR) is 78.2 cm³/mol. The van der Waals surface area contributed by atoms with Crippen molar-refractivity contribution in [1.29, 1.82) is 0 Å². The van der Waals surface area contributed by atoms with E-state index in [1.165, 1.54) is 16.3 Å². The first-order valence-electron chi connectivity index (χ1n) is 6.38. The summed E-state index contributed by atoms with van der Waals surface area (Å²) >= 11 is 3.68. The molecule has 3 rings (SSSR count). The first kappa shape index (κ1) is 12.0. The molecule has 0 spiro atoms. The summed E-state index contributed by atoms with van der Waals surface area (Å²) in [6.45, 7) is 3.93. The van der Waals surface area contributed by atoms with Crippen LogP contribution in [-0.4, -0.2) is 13.2 Å². The molecule has 1 N–H and O–H groups in total. The molecule has 2 aromatic rings. The third kappa shape index (κ3) is 1.91. The van der Waals surface area contributed by atoms with Crippen LogP contribution in [0, 0.1) is 0 Å². The van der Waals surface area contributed by atoms with E-state index in [4.69, 9.17) is 4.74 Å². The molecule has 1 aliphatic heterocycles. The van der Waals surface area contributed by atoms with E-state index in [1.54, 1.807) is 0 Å². The van der Waals surface area contributed by atoms with Crippen molar-refractivity contribution < 1.29 is 4.74 Å². The lowest BCUT2D eigenvalue weighted by atomic mass is 10.0. The van der Waals surface area contributed by atoms with Crippen LogP contribution in [0.3, 0.4) is 0 Å². The van der Waals surface area contributed by atoms with Gasteiger partial charge in [-0.15, -0.1) is 0 Å². The van der Waals surface area contributed by atoms with Gasteiger partial charge < -0.3 is 10.1 Å². The van der Waals surface area contributed by atoms with Gasteiger partial charge in [0.1, 0.15) is 12.4 Å². The number of fused-ring (bicyclic) bond motifs is 2. The standard InChI is InChI=1S/C15H16BrNO/c1-2-7-17-13-9-18-15-12(13)8-10-5-3-4-6-11(10)14(15)16/h3-6,8,13,17H,2,7,9H2,1H3. The summed E-state index contributed by atoms with van der Waals surface area (Å²) in [7, 11) is 0. The van der Waals surface area contributed by atoms with Gasteiger partial charge in [0.25, 0.3) is 0 Å². The first-order chi connectivity index (χ1) is 8.81. The van der Waals surface area contributed by atoms with Crippen molar-refractivity contribution in [2.24, 2.45) is 0 Å². The molecule has 0 aromatic heterocycles. The Morgan fingerprint density at radius 3 is 3.06 bits per heavy atom. The van der Waals surface area contributed by atoms with Crippen molar-refractivity contribution in [3.8, 4) is 5.75 Å². The quantitative estimate of drug-likeness (QED) is 0.924. The second-order valence-electron chi connectivity index (χ2n) is 4.65. The van der Waals surface area contributed by atoms with E-state index < -0.39 is 0 Å². The molecule has 0 bridgehead atoms. The summed E-state index contributed by atoms with van der Waals surface area (Å²) in [6.07, 6.45) is 1.14. The molecule has 3 heteroatoms. The molecule has 1 unspecified atom stereocenters. The van der Waals surface area contributed by atoms with Crippen LogP contribution in [0.5, 0.6) is 5.75 Å². The van der Waals surface area contributed by atoms with E-state index in [0.29, 0.717) is 6.04 Å². The lowest BCUT2D eigenvalue weighted by Gasteiger charge is -2.11. The number of hydrogen-bond acceptors (Lipinski definition) is 2. The SMILES string of the molecule is CCCNC1COc2c1cc1ccccc1c2Br. The van der Waals surface area contributed by atoms with E-state index >= 15 is 0 Å². The number of halogens is 1.